The number of benzene rings is 2. The van der Waals surface area contributed by atoms with Crippen molar-refractivity contribution in [2.75, 3.05) is 34.1 Å². The molecular formula is C22H23N5O5. The maximum Gasteiger partial charge on any atom is 0.338 e. The Hall–Kier alpha value is -3.66. The van der Waals surface area contributed by atoms with Crippen LogP contribution in [0.15, 0.2) is 30.3 Å². The van der Waals surface area contributed by atoms with Crippen LogP contribution in [0.25, 0.3) is 5.69 Å². The standard InChI is InChI=1S/C22H23N5O5/c1-4-30-22(28)13-5-7-15(8-6-13)27-21(23-24-25-27)18-17-14(9-10-26(18)2)11-16-19(20(17)29-3)32-12-31-16/h5-8,11,18H,4,9-10,12H2,1-3H3. The van der Waals surface area contributed by atoms with Crippen LogP contribution in [0.5, 0.6) is 17.2 Å². The molecule has 0 radical (unpaired) electrons. The largest absolute Gasteiger partial charge is 0.492 e. The zero-order valence-corrected chi connectivity index (χ0v) is 18.1. The number of hydrogen-bond acceptors (Lipinski definition) is 9. The molecule has 1 atom stereocenters. The minimum Gasteiger partial charge on any atom is -0.492 e. The van der Waals surface area contributed by atoms with Crippen molar-refractivity contribution in [1.29, 1.82) is 0 Å². The van der Waals surface area contributed by atoms with Gasteiger partial charge in [-0.15, -0.1) is 5.10 Å². The highest BCUT2D eigenvalue weighted by atomic mass is 16.7. The number of hydrogen-bond donors (Lipinski definition) is 0. The maximum absolute atomic E-state index is 12.0. The van der Waals surface area contributed by atoms with E-state index in [9.17, 15) is 4.79 Å². The van der Waals surface area contributed by atoms with E-state index in [0.29, 0.717) is 35.2 Å². The maximum atomic E-state index is 12.0. The molecule has 10 nitrogen and oxygen atoms in total. The number of carbonyl (C=O) groups excluding carboxylic acids is 1. The van der Waals surface area contributed by atoms with E-state index >= 15 is 0 Å². The van der Waals surface area contributed by atoms with Crippen molar-refractivity contribution in [3.05, 3.63) is 52.8 Å². The van der Waals surface area contributed by atoms with Gasteiger partial charge >= 0.3 is 5.97 Å². The fourth-order valence-corrected chi connectivity index (χ4v) is 4.26. The number of esters is 1. The summed E-state index contributed by atoms with van der Waals surface area (Å²) < 4.78 is 23.8. The lowest BCUT2D eigenvalue weighted by atomic mass is 9.90. The van der Waals surface area contributed by atoms with Gasteiger partial charge in [0.1, 0.15) is 6.04 Å². The van der Waals surface area contributed by atoms with Crippen molar-refractivity contribution >= 4 is 5.97 Å². The van der Waals surface area contributed by atoms with Gasteiger partial charge in [0, 0.05) is 12.1 Å². The van der Waals surface area contributed by atoms with E-state index in [1.807, 2.05) is 13.1 Å². The topological polar surface area (TPSA) is 101 Å². The summed E-state index contributed by atoms with van der Waals surface area (Å²) in [5.74, 6) is 2.20. The van der Waals surface area contributed by atoms with E-state index in [2.05, 4.69) is 20.4 Å². The Balaban J connectivity index is 1.58. The van der Waals surface area contributed by atoms with E-state index < -0.39 is 0 Å². The molecule has 166 valence electrons. The minimum absolute atomic E-state index is 0.166. The van der Waals surface area contributed by atoms with Crippen LogP contribution in [-0.4, -0.2) is 65.2 Å². The Morgan fingerprint density at radius 2 is 2.06 bits per heavy atom. The molecule has 3 aromatic rings. The third-order valence-corrected chi connectivity index (χ3v) is 5.76. The highest BCUT2D eigenvalue weighted by Crippen LogP contribution is 2.50. The van der Waals surface area contributed by atoms with Gasteiger partial charge in [-0.05, 0) is 66.7 Å². The monoisotopic (exact) mass is 437 g/mol. The van der Waals surface area contributed by atoms with Gasteiger partial charge in [0.25, 0.3) is 0 Å². The highest BCUT2D eigenvalue weighted by molar-refractivity contribution is 5.89. The number of methoxy groups -OCH3 is 1. The minimum atomic E-state index is -0.363. The average molecular weight is 437 g/mol. The van der Waals surface area contributed by atoms with Crippen LogP contribution in [0.3, 0.4) is 0 Å². The summed E-state index contributed by atoms with van der Waals surface area (Å²) in [5.41, 5.74) is 3.28. The van der Waals surface area contributed by atoms with Crippen LogP contribution in [-0.2, 0) is 11.2 Å². The van der Waals surface area contributed by atoms with Crippen molar-refractivity contribution in [3.8, 4) is 22.9 Å². The van der Waals surface area contributed by atoms with Crippen LogP contribution in [0.1, 0.15) is 40.3 Å². The quantitative estimate of drug-likeness (QED) is 0.556. The molecule has 0 spiro atoms. The number of aromatic nitrogens is 4. The SMILES string of the molecule is CCOC(=O)c1ccc(-n2nnnc2C2c3c(cc4c(c3OC)OCO4)CCN2C)cc1. The van der Waals surface area contributed by atoms with E-state index in [1.165, 1.54) is 0 Å². The van der Waals surface area contributed by atoms with Gasteiger partial charge in [-0.1, -0.05) is 0 Å². The lowest BCUT2D eigenvalue weighted by molar-refractivity contribution is 0.0526. The van der Waals surface area contributed by atoms with Gasteiger partial charge in [-0.25, -0.2) is 4.79 Å². The second-order valence-electron chi connectivity index (χ2n) is 7.57. The summed E-state index contributed by atoms with van der Waals surface area (Å²) in [6.45, 7) is 3.08. The van der Waals surface area contributed by atoms with Gasteiger partial charge in [0.2, 0.25) is 12.5 Å². The van der Waals surface area contributed by atoms with Crippen molar-refractivity contribution in [2.24, 2.45) is 0 Å². The molecule has 5 rings (SSSR count). The van der Waals surface area contributed by atoms with Crippen molar-refractivity contribution in [2.45, 2.75) is 19.4 Å². The molecule has 10 heteroatoms. The molecule has 0 amide bonds. The molecule has 32 heavy (non-hydrogen) atoms. The third kappa shape index (κ3) is 3.23. The molecule has 0 saturated carbocycles. The normalized spacial score (nSPS) is 17.2. The van der Waals surface area contributed by atoms with Crippen LogP contribution in [0.4, 0.5) is 0 Å². The number of ether oxygens (including phenoxy) is 4. The number of tetrazole rings is 1. The molecule has 2 aliphatic heterocycles. The van der Waals surface area contributed by atoms with E-state index in [0.717, 1.165) is 29.8 Å². The second-order valence-corrected chi connectivity index (χ2v) is 7.57. The predicted molar refractivity (Wildman–Crippen MR) is 112 cm³/mol. The van der Waals surface area contributed by atoms with Crippen molar-refractivity contribution in [3.63, 3.8) is 0 Å². The zero-order chi connectivity index (χ0) is 22.2. The smallest absolute Gasteiger partial charge is 0.338 e. The molecule has 0 saturated heterocycles. The van der Waals surface area contributed by atoms with E-state index in [1.54, 1.807) is 43.0 Å². The van der Waals surface area contributed by atoms with Crippen LogP contribution >= 0.6 is 0 Å². The fourth-order valence-electron chi connectivity index (χ4n) is 4.26. The van der Waals surface area contributed by atoms with Crippen molar-refractivity contribution < 1.29 is 23.7 Å². The van der Waals surface area contributed by atoms with Crippen LogP contribution in [0, 0.1) is 0 Å². The summed E-state index contributed by atoms with van der Waals surface area (Å²) in [5, 5.41) is 12.5. The first-order valence-corrected chi connectivity index (χ1v) is 10.4. The molecule has 1 aromatic heterocycles. The molecule has 0 N–H and O–H groups in total. The molecule has 1 unspecified atom stereocenters. The van der Waals surface area contributed by atoms with Gasteiger partial charge in [-0.3, -0.25) is 4.90 Å². The molecule has 2 aromatic carbocycles. The van der Waals surface area contributed by atoms with Crippen molar-refractivity contribution in [1.82, 2.24) is 25.1 Å². The van der Waals surface area contributed by atoms with Gasteiger partial charge in [-0.2, -0.15) is 4.68 Å². The average Bonchev–Trinajstić information content (AvgIpc) is 3.47. The predicted octanol–water partition coefficient (Wildman–Crippen LogP) is 2.15. The number of rotatable bonds is 5. The molecule has 3 heterocycles. The Bertz CT molecular complexity index is 1160. The van der Waals surface area contributed by atoms with Gasteiger partial charge < -0.3 is 18.9 Å². The van der Waals surface area contributed by atoms with E-state index in [4.69, 9.17) is 18.9 Å². The summed E-state index contributed by atoms with van der Waals surface area (Å²) in [7, 11) is 3.65. The lowest BCUT2D eigenvalue weighted by Crippen LogP contribution is -2.35. The Labute approximate surface area is 184 Å². The molecule has 0 aliphatic carbocycles. The van der Waals surface area contributed by atoms with Gasteiger partial charge in [0.05, 0.1) is 25.0 Å². The first kappa shape index (κ1) is 20.3. The highest BCUT2D eigenvalue weighted by Gasteiger charge is 2.37. The third-order valence-electron chi connectivity index (χ3n) is 5.76. The van der Waals surface area contributed by atoms with Gasteiger partial charge in [0.15, 0.2) is 17.3 Å². The molecule has 2 aliphatic rings. The van der Waals surface area contributed by atoms with Crippen LogP contribution < -0.4 is 14.2 Å². The summed E-state index contributed by atoms with van der Waals surface area (Å²) >= 11 is 0. The molecular weight excluding hydrogens is 414 g/mol. The second kappa shape index (κ2) is 8.12. The summed E-state index contributed by atoms with van der Waals surface area (Å²) in [6, 6.07) is 8.76. The Kier molecular flexibility index (Phi) is 5.14. The first-order valence-electron chi connectivity index (χ1n) is 10.4. The number of nitrogens with zero attached hydrogens (tertiary/aromatic N) is 5. The number of likely N-dealkylation sites (N-methyl/N-ethyl adjacent to an activating group) is 1. The van der Waals surface area contributed by atoms with E-state index in [-0.39, 0.29) is 18.8 Å². The summed E-state index contributed by atoms with van der Waals surface area (Å²) in [4.78, 5) is 14.2. The summed E-state index contributed by atoms with van der Waals surface area (Å²) in [6.07, 6.45) is 0.838. The number of fused-ring (bicyclic) bond motifs is 2. The number of carbonyl (C=O) groups is 1. The zero-order valence-electron chi connectivity index (χ0n) is 18.1. The Morgan fingerprint density at radius 1 is 1.25 bits per heavy atom. The molecule has 0 bridgehead atoms. The molecule has 0 fully saturated rings. The first-order chi connectivity index (χ1) is 15.6. The Morgan fingerprint density at radius 3 is 2.81 bits per heavy atom. The lowest BCUT2D eigenvalue weighted by Gasteiger charge is -2.34. The fraction of sp³-hybridized carbons (Fsp3) is 0.364. The van der Waals surface area contributed by atoms with Crippen LogP contribution in [0.2, 0.25) is 0 Å².